The summed E-state index contributed by atoms with van der Waals surface area (Å²) >= 11 is 5.87. The Hall–Kier alpha value is -2.59. The van der Waals surface area contributed by atoms with E-state index >= 15 is 0 Å². The van der Waals surface area contributed by atoms with Gasteiger partial charge in [-0.3, -0.25) is 10.1 Å². The van der Waals surface area contributed by atoms with Gasteiger partial charge < -0.3 is 4.42 Å². The Bertz CT molecular complexity index is 810. The van der Waals surface area contributed by atoms with Crippen LogP contribution in [-0.4, -0.2) is 10.9 Å². The van der Waals surface area contributed by atoms with Crippen molar-refractivity contribution in [1.82, 2.24) is 4.98 Å². The van der Waals surface area contributed by atoms with Crippen LogP contribution in [0.4, 0.5) is 6.01 Å². The van der Waals surface area contributed by atoms with Gasteiger partial charge in [0.2, 0.25) is 0 Å². The zero-order chi connectivity index (χ0) is 14.7. The van der Waals surface area contributed by atoms with E-state index in [1.165, 1.54) is 6.08 Å². The topological polar surface area (TPSA) is 55.1 Å². The minimum atomic E-state index is -0.309. The minimum absolute atomic E-state index is 0.148. The van der Waals surface area contributed by atoms with E-state index in [0.717, 1.165) is 5.56 Å². The van der Waals surface area contributed by atoms with Gasteiger partial charge in [-0.05, 0) is 29.8 Å². The Balaban J connectivity index is 1.73. The van der Waals surface area contributed by atoms with Crippen LogP contribution in [-0.2, 0) is 4.79 Å². The van der Waals surface area contributed by atoms with Crippen LogP contribution < -0.4 is 5.32 Å². The summed E-state index contributed by atoms with van der Waals surface area (Å²) in [5.74, 6) is -0.309. The number of hydrogen-bond acceptors (Lipinski definition) is 3. The molecule has 1 amide bonds. The molecule has 104 valence electrons. The molecule has 0 aliphatic heterocycles. The van der Waals surface area contributed by atoms with Crippen molar-refractivity contribution in [2.75, 3.05) is 5.32 Å². The Labute approximate surface area is 126 Å². The number of nitrogens with zero attached hydrogens (tertiary/aromatic N) is 1. The summed E-state index contributed by atoms with van der Waals surface area (Å²) < 4.78 is 5.41. The maximum Gasteiger partial charge on any atom is 0.302 e. The van der Waals surface area contributed by atoms with Gasteiger partial charge in [-0.25, -0.2) is 0 Å². The van der Waals surface area contributed by atoms with Gasteiger partial charge in [0.1, 0.15) is 5.52 Å². The number of benzene rings is 2. The molecule has 0 aliphatic rings. The second kappa shape index (κ2) is 5.81. The number of carbonyl (C=O) groups is 1. The van der Waals surface area contributed by atoms with Crippen LogP contribution in [0.25, 0.3) is 17.2 Å². The van der Waals surface area contributed by atoms with Crippen molar-refractivity contribution in [2.24, 2.45) is 0 Å². The third-order valence-corrected chi connectivity index (χ3v) is 3.04. The second-order valence-corrected chi connectivity index (χ2v) is 4.80. The van der Waals surface area contributed by atoms with E-state index < -0.39 is 0 Å². The summed E-state index contributed by atoms with van der Waals surface area (Å²) in [6.07, 6.45) is 3.14. The number of fused-ring (bicyclic) bond motifs is 1. The van der Waals surface area contributed by atoms with Crippen LogP contribution in [0.5, 0.6) is 0 Å². The van der Waals surface area contributed by atoms with Gasteiger partial charge >= 0.3 is 6.01 Å². The second-order valence-electron chi connectivity index (χ2n) is 4.36. The van der Waals surface area contributed by atoms with E-state index in [4.69, 9.17) is 16.0 Å². The maximum atomic E-state index is 11.8. The van der Waals surface area contributed by atoms with Gasteiger partial charge in [-0.15, -0.1) is 0 Å². The molecular formula is C16H11ClN2O2. The van der Waals surface area contributed by atoms with Crippen LogP contribution in [0, 0.1) is 0 Å². The van der Waals surface area contributed by atoms with E-state index in [-0.39, 0.29) is 11.9 Å². The fourth-order valence-corrected chi connectivity index (χ4v) is 2.00. The first-order valence-electron chi connectivity index (χ1n) is 6.31. The summed E-state index contributed by atoms with van der Waals surface area (Å²) in [6, 6.07) is 14.8. The lowest BCUT2D eigenvalue weighted by Gasteiger charge is -1.94. The zero-order valence-electron chi connectivity index (χ0n) is 10.9. The Kier molecular flexibility index (Phi) is 3.71. The molecule has 0 unspecified atom stereocenters. The van der Waals surface area contributed by atoms with Crippen LogP contribution >= 0.6 is 11.6 Å². The van der Waals surface area contributed by atoms with Crippen LogP contribution in [0.3, 0.4) is 0 Å². The highest BCUT2D eigenvalue weighted by molar-refractivity contribution is 6.31. The van der Waals surface area contributed by atoms with Crippen molar-refractivity contribution < 1.29 is 9.21 Å². The molecule has 3 rings (SSSR count). The number of aromatic nitrogens is 1. The third-order valence-electron chi connectivity index (χ3n) is 2.81. The van der Waals surface area contributed by atoms with E-state index in [9.17, 15) is 4.79 Å². The molecule has 0 saturated carbocycles. The predicted octanol–water partition coefficient (Wildman–Crippen LogP) is 4.13. The first kappa shape index (κ1) is 13.4. The predicted molar refractivity (Wildman–Crippen MR) is 83.1 cm³/mol. The van der Waals surface area contributed by atoms with Crippen molar-refractivity contribution in [3.8, 4) is 0 Å². The quantitative estimate of drug-likeness (QED) is 0.740. The van der Waals surface area contributed by atoms with Crippen molar-refractivity contribution in [1.29, 1.82) is 0 Å². The van der Waals surface area contributed by atoms with Gasteiger partial charge in [0.15, 0.2) is 5.58 Å². The molecule has 21 heavy (non-hydrogen) atoms. The summed E-state index contributed by atoms with van der Waals surface area (Å²) in [5, 5.41) is 3.14. The van der Waals surface area contributed by atoms with Crippen molar-refractivity contribution in [3.63, 3.8) is 0 Å². The normalized spacial score (nSPS) is 11.1. The first-order chi connectivity index (χ1) is 10.2. The number of amides is 1. The van der Waals surface area contributed by atoms with E-state index in [0.29, 0.717) is 16.1 Å². The fraction of sp³-hybridized carbons (Fsp3) is 0. The molecule has 4 nitrogen and oxygen atoms in total. The highest BCUT2D eigenvalue weighted by Gasteiger charge is 2.07. The molecule has 0 spiro atoms. The van der Waals surface area contributed by atoms with Crippen LogP contribution in [0.2, 0.25) is 5.02 Å². The Morgan fingerprint density at radius 2 is 2.00 bits per heavy atom. The molecule has 0 atom stereocenters. The number of halogens is 1. The number of hydrogen-bond donors (Lipinski definition) is 1. The van der Waals surface area contributed by atoms with E-state index in [2.05, 4.69) is 10.3 Å². The highest BCUT2D eigenvalue weighted by atomic mass is 35.5. The van der Waals surface area contributed by atoms with E-state index in [1.807, 2.05) is 30.3 Å². The molecular weight excluding hydrogens is 288 g/mol. The molecule has 3 aromatic rings. The average Bonchev–Trinajstić information content (AvgIpc) is 2.87. The number of anilines is 1. The maximum absolute atomic E-state index is 11.8. The van der Waals surface area contributed by atoms with Gasteiger partial charge in [-0.1, -0.05) is 41.9 Å². The standard InChI is InChI=1S/C16H11ClN2O2/c17-12-7-8-14-13(10-12)18-16(21-14)19-15(20)9-6-11-4-2-1-3-5-11/h1-10H,(H,18,19,20). The molecule has 1 aromatic heterocycles. The summed E-state index contributed by atoms with van der Waals surface area (Å²) in [7, 11) is 0. The highest BCUT2D eigenvalue weighted by Crippen LogP contribution is 2.22. The summed E-state index contributed by atoms with van der Waals surface area (Å²) in [5.41, 5.74) is 2.11. The number of oxazole rings is 1. The molecule has 0 saturated heterocycles. The monoisotopic (exact) mass is 298 g/mol. The van der Waals surface area contributed by atoms with E-state index in [1.54, 1.807) is 24.3 Å². The number of rotatable bonds is 3. The lowest BCUT2D eigenvalue weighted by Crippen LogP contribution is -2.07. The molecule has 0 radical (unpaired) electrons. The van der Waals surface area contributed by atoms with Crippen molar-refractivity contribution in [2.45, 2.75) is 0 Å². The van der Waals surface area contributed by atoms with Gasteiger partial charge in [0.05, 0.1) is 0 Å². The molecule has 1 N–H and O–H groups in total. The molecule has 0 fully saturated rings. The molecule has 2 aromatic carbocycles. The van der Waals surface area contributed by atoms with Gasteiger partial charge in [0, 0.05) is 11.1 Å². The Morgan fingerprint density at radius 1 is 1.19 bits per heavy atom. The van der Waals surface area contributed by atoms with Crippen molar-refractivity contribution in [3.05, 3.63) is 65.2 Å². The molecule has 5 heteroatoms. The summed E-state index contributed by atoms with van der Waals surface area (Å²) in [6.45, 7) is 0. The largest absolute Gasteiger partial charge is 0.423 e. The lowest BCUT2D eigenvalue weighted by atomic mass is 10.2. The van der Waals surface area contributed by atoms with Gasteiger partial charge in [0.25, 0.3) is 5.91 Å². The number of carbonyl (C=O) groups excluding carboxylic acids is 1. The molecule has 0 bridgehead atoms. The Morgan fingerprint density at radius 3 is 2.81 bits per heavy atom. The fourth-order valence-electron chi connectivity index (χ4n) is 1.84. The summed E-state index contributed by atoms with van der Waals surface area (Å²) in [4.78, 5) is 16.0. The smallest absolute Gasteiger partial charge is 0.302 e. The van der Waals surface area contributed by atoms with Crippen LogP contribution in [0.15, 0.2) is 59.0 Å². The lowest BCUT2D eigenvalue weighted by molar-refractivity contribution is -0.112. The number of nitrogens with one attached hydrogen (secondary N) is 1. The van der Waals surface area contributed by atoms with Crippen molar-refractivity contribution >= 4 is 40.7 Å². The first-order valence-corrected chi connectivity index (χ1v) is 6.69. The van der Waals surface area contributed by atoms with Crippen LogP contribution in [0.1, 0.15) is 5.56 Å². The SMILES string of the molecule is O=C(C=Cc1ccccc1)Nc1nc2cc(Cl)ccc2o1. The third kappa shape index (κ3) is 3.30. The molecule has 0 aliphatic carbocycles. The molecule has 1 heterocycles. The van der Waals surface area contributed by atoms with Gasteiger partial charge in [-0.2, -0.15) is 4.98 Å². The zero-order valence-corrected chi connectivity index (χ0v) is 11.7. The minimum Gasteiger partial charge on any atom is -0.423 e. The average molecular weight is 299 g/mol.